The standard InChI is InChI=1S/C29H30FN5O3/c1-3-21(36)16-18-7-4-5-8-19(15-18)26-23-12-14-33-29(31)35(23)27(34-26)20-10-11-24(25(17-20)37-2)38-28-22(30)9-6-13-32-28/h3,6,9-14,17-19H,1,4-5,7-8,15-16H2,2H3,(H2,31,33). The van der Waals surface area contributed by atoms with Crippen molar-refractivity contribution in [3.05, 3.63) is 73.0 Å². The van der Waals surface area contributed by atoms with E-state index in [0.717, 1.165) is 48.9 Å². The summed E-state index contributed by atoms with van der Waals surface area (Å²) in [5.74, 6) is 1.50. The lowest BCUT2D eigenvalue weighted by Gasteiger charge is -2.18. The van der Waals surface area contributed by atoms with Gasteiger partial charge in [-0.05, 0) is 67.7 Å². The average Bonchev–Trinajstić information content (AvgIpc) is 3.17. The molecular weight excluding hydrogens is 485 g/mol. The highest BCUT2D eigenvalue weighted by atomic mass is 19.1. The van der Waals surface area contributed by atoms with Gasteiger partial charge in [-0.3, -0.25) is 9.20 Å². The number of carbonyl (C=O) groups is 1. The topological polar surface area (TPSA) is 105 Å². The number of pyridine rings is 1. The number of rotatable bonds is 8. The molecule has 1 aliphatic rings. The van der Waals surface area contributed by atoms with Gasteiger partial charge >= 0.3 is 0 Å². The molecule has 2 unspecified atom stereocenters. The molecule has 196 valence electrons. The lowest BCUT2D eigenvalue weighted by molar-refractivity contribution is -0.115. The zero-order valence-corrected chi connectivity index (χ0v) is 21.3. The summed E-state index contributed by atoms with van der Waals surface area (Å²) >= 11 is 0. The van der Waals surface area contributed by atoms with Gasteiger partial charge in [-0.15, -0.1) is 0 Å². The number of imidazole rings is 1. The average molecular weight is 516 g/mol. The third kappa shape index (κ3) is 5.09. The van der Waals surface area contributed by atoms with Crippen molar-refractivity contribution in [2.24, 2.45) is 5.92 Å². The lowest BCUT2D eigenvalue weighted by atomic mass is 9.87. The highest BCUT2D eigenvalue weighted by Gasteiger charge is 2.28. The van der Waals surface area contributed by atoms with Crippen LogP contribution >= 0.6 is 0 Å². The number of allylic oxidation sites excluding steroid dienone is 1. The molecule has 1 aliphatic carbocycles. The van der Waals surface area contributed by atoms with Crippen LogP contribution in [0.5, 0.6) is 17.4 Å². The van der Waals surface area contributed by atoms with Crippen LogP contribution in [-0.4, -0.2) is 32.2 Å². The van der Waals surface area contributed by atoms with Crippen molar-refractivity contribution in [3.8, 4) is 28.8 Å². The first-order valence-electron chi connectivity index (χ1n) is 12.7. The Labute approximate surface area is 220 Å². The smallest absolute Gasteiger partial charge is 0.255 e. The second-order valence-electron chi connectivity index (χ2n) is 9.56. The van der Waals surface area contributed by atoms with Crippen LogP contribution in [0, 0.1) is 11.7 Å². The van der Waals surface area contributed by atoms with Crippen LogP contribution in [-0.2, 0) is 4.79 Å². The van der Waals surface area contributed by atoms with Gasteiger partial charge in [0.2, 0.25) is 5.95 Å². The molecule has 2 N–H and O–H groups in total. The van der Waals surface area contributed by atoms with Crippen molar-refractivity contribution in [2.45, 2.75) is 44.4 Å². The van der Waals surface area contributed by atoms with Gasteiger partial charge < -0.3 is 15.2 Å². The Morgan fingerprint density at radius 2 is 2.03 bits per heavy atom. The summed E-state index contributed by atoms with van der Waals surface area (Å²) in [5.41, 5.74) is 8.93. The van der Waals surface area contributed by atoms with E-state index in [1.165, 1.54) is 31.5 Å². The van der Waals surface area contributed by atoms with Crippen LogP contribution in [0.1, 0.15) is 50.1 Å². The predicted molar refractivity (Wildman–Crippen MR) is 143 cm³/mol. The molecule has 8 nitrogen and oxygen atoms in total. The number of hydrogen-bond donors (Lipinski definition) is 1. The summed E-state index contributed by atoms with van der Waals surface area (Å²) < 4.78 is 27.2. The fourth-order valence-corrected chi connectivity index (χ4v) is 5.28. The maximum atomic E-state index is 14.1. The van der Waals surface area contributed by atoms with Crippen molar-refractivity contribution in [1.82, 2.24) is 19.4 Å². The first kappa shape index (κ1) is 25.4. The summed E-state index contributed by atoms with van der Waals surface area (Å²) in [6, 6.07) is 9.99. The van der Waals surface area contributed by atoms with Gasteiger partial charge in [-0.25, -0.2) is 19.3 Å². The molecule has 38 heavy (non-hydrogen) atoms. The normalized spacial score (nSPS) is 17.6. The number of benzene rings is 1. The minimum absolute atomic E-state index is 0.0828. The molecule has 3 heterocycles. The molecule has 9 heteroatoms. The lowest BCUT2D eigenvalue weighted by Crippen LogP contribution is -2.10. The predicted octanol–water partition coefficient (Wildman–Crippen LogP) is 6.12. The third-order valence-electron chi connectivity index (χ3n) is 7.10. The number of carbonyl (C=O) groups excluding carboxylic acids is 1. The Morgan fingerprint density at radius 1 is 1.18 bits per heavy atom. The molecule has 5 rings (SSSR count). The van der Waals surface area contributed by atoms with Gasteiger partial charge in [0, 0.05) is 30.3 Å². The maximum absolute atomic E-state index is 14.1. The summed E-state index contributed by atoms with van der Waals surface area (Å²) in [6.07, 6.45) is 10.1. The Kier molecular flexibility index (Phi) is 7.35. The molecule has 2 atom stereocenters. The minimum Gasteiger partial charge on any atom is -0.493 e. The number of hydrogen-bond acceptors (Lipinski definition) is 7. The van der Waals surface area contributed by atoms with Gasteiger partial charge in [0.15, 0.2) is 23.1 Å². The van der Waals surface area contributed by atoms with Crippen LogP contribution in [0.2, 0.25) is 0 Å². The molecule has 0 radical (unpaired) electrons. The van der Waals surface area contributed by atoms with E-state index in [-0.39, 0.29) is 23.5 Å². The summed E-state index contributed by atoms with van der Waals surface area (Å²) in [5, 5.41) is 0. The first-order chi connectivity index (χ1) is 18.5. The second-order valence-corrected chi connectivity index (χ2v) is 9.56. The number of methoxy groups -OCH3 is 1. The molecule has 0 spiro atoms. The Bertz CT molecular complexity index is 1480. The zero-order chi connectivity index (χ0) is 26.6. The largest absolute Gasteiger partial charge is 0.493 e. The number of anilines is 1. The quantitative estimate of drug-likeness (QED) is 0.223. The third-order valence-corrected chi connectivity index (χ3v) is 7.10. The van der Waals surface area contributed by atoms with Crippen LogP contribution in [0.15, 0.2) is 61.4 Å². The highest BCUT2D eigenvalue weighted by molar-refractivity contribution is 5.89. The molecular formula is C29H30FN5O3. The van der Waals surface area contributed by atoms with Crippen molar-refractivity contribution in [2.75, 3.05) is 12.8 Å². The van der Waals surface area contributed by atoms with Crippen molar-refractivity contribution in [3.63, 3.8) is 0 Å². The fourth-order valence-electron chi connectivity index (χ4n) is 5.28. The molecule has 0 amide bonds. The fraction of sp³-hybridized carbons (Fsp3) is 0.310. The van der Waals surface area contributed by atoms with Gasteiger partial charge in [0.25, 0.3) is 5.88 Å². The number of nitrogen functional groups attached to an aromatic ring is 1. The molecule has 0 aliphatic heterocycles. The number of ether oxygens (including phenoxy) is 2. The van der Waals surface area contributed by atoms with E-state index < -0.39 is 5.82 Å². The van der Waals surface area contributed by atoms with E-state index in [1.807, 2.05) is 16.5 Å². The Hall–Kier alpha value is -4.27. The first-order valence-corrected chi connectivity index (χ1v) is 12.7. The summed E-state index contributed by atoms with van der Waals surface area (Å²) in [7, 11) is 1.52. The number of nitrogens with two attached hydrogens (primary N) is 1. The van der Waals surface area contributed by atoms with Crippen molar-refractivity contribution >= 4 is 17.2 Å². The van der Waals surface area contributed by atoms with E-state index >= 15 is 0 Å². The van der Waals surface area contributed by atoms with Crippen LogP contribution in [0.3, 0.4) is 0 Å². The van der Waals surface area contributed by atoms with Crippen molar-refractivity contribution < 1.29 is 18.7 Å². The number of fused-ring (bicyclic) bond motifs is 1. The van der Waals surface area contributed by atoms with E-state index in [1.54, 1.807) is 18.3 Å². The van der Waals surface area contributed by atoms with Crippen molar-refractivity contribution in [1.29, 1.82) is 0 Å². The monoisotopic (exact) mass is 515 g/mol. The van der Waals surface area contributed by atoms with E-state index in [4.69, 9.17) is 20.2 Å². The molecule has 4 aromatic rings. The van der Waals surface area contributed by atoms with Crippen LogP contribution in [0.25, 0.3) is 16.9 Å². The van der Waals surface area contributed by atoms with Gasteiger partial charge in [0.1, 0.15) is 5.82 Å². The summed E-state index contributed by atoms with van der Waals surface area (Å²) in [6.45, 7) is 3.63. The van der Waals surface area contributed by atoms with Crippen LogP contribution in [0.4, 0.5) is 10.3 Å². The molecule has 0 saturated heterocycles. The second kappa shape index (κ2) is 11.0. The van der Waals surface area contributed by atoms with E-state index in [2.05, 4.69) is 16.5 Å². The number of nitrogens with zero attached hydrogens (tertiary/aromatic N) is 4. The Balaban J connectivity index is 1.54. The number of aromatic nitrogens is 4. The zero-order valence-electron chi connectivity index (χ0n) is 21.3. The van der Waals surface area contributed by atoms with Gasteiger partial charge in [-0.2, -0.15) is 0 Å². The molecule has 3 aromatic heterocycles. The molecule has 1 fully saturated rings. The van der Waals surface area contributed by atoms with Gasteiger partial charge in [-0.1, -0.05) is 19.4 Å². The van der Waals surface area contributed by atoms with E-state index in [0.29, 0.717) is 29.7 Å². The maximum Gasteiger partial charge on any atom is 0.255 e. The number of halogens is 1. The number of ketones is 1. The molecule has 1 saturated carbocycles. The van der Waals surface area contributed by atoms with Gasteiger partial charge in [0.05, 0.1) is 18.3 Å². The van der Waals surface area contributed by atoms with E-state index in [9.17, 15) is 9.18 Å². The summed E-state index contributed by atoms with van der Waals surface area (Å²) in [4.78, 5) is 25.4. The molecule has 0 bridgehead atoms. The molecule has 1 aromatic carbocycles. The highest BCUT2D eigenvalue weighted by Crippen LogP contribution is 2.41. The minimum atomic E-state index is -0.571. The van der Waals surface area contributed by atoms with Crippen LogP contribution < -0.4 is 15.2 Å². The SMILES string of the molecule is C=CC(=O)CC1CCCCC(c2nc(-c3ccc(Oc4ncccc4F)c(OC)c3)n3c(N)nccc23)C1. The Morgan fingerprint density at radius 3 is 2.82 bits per heavy atom.